The average Bonchev–Trinajstić information content (AvgIpc) is 0.757. The molecule has 12 aromatic rings. The predicted molar refractivity (Wildman–Crippen MR) is 493 cm³/mol. The van der Waals surface area contributed by atoms with Gasteiger partial charge in [-0.25, -0.2) is 43.2 Å². The van der Waals surface area contributed by atoms with E-state index in [1.807, 2.05) is 6.92 Å². The van der Waals surface area contributed by atoms with E-state index in [-0.39, 0.29) is 102 Å². The number of hydrogen-bond acceptors (Lipinski definition) is 24. The normalized spacial score (nSPS) is 11.9. The molecule has 12 aromatic carbocycles. The molecular formula is C107H102O24. The van der Waals surface area contributed by atoms with Gasteiger partial charge in [0.05, 0.1) is 16.7 Å². The number of rotatable bonds is 21. The Balaban J connectivity index is 0.934. The summed E-state index contributed by atoms with van der Waals surface area (Å²) in [4.78, 5) is 126. The molecule has 131 heavy (non-hydrogen) atoms. The van der Waals surface area contributed by atoms with Crippen molar-refractivity contribution in [1.82, 2.24) is 0 Å². The van der Waals surface area contributed by atoms with E-state index in [1.165, 1.54) is 109 Å². The Morgan fingerprint density at radius 3 is 0.481 bits per heavy atom. The number of carbonyl (C=O) groups is 9. The average molecular weight is 1770 g/mol. The van der Waals surface area contributed by atoms with E-state index in [0.29, 0.717) is 83.5 Å². The molecule has 0 aliphatic rings. The third-order valence-corrected chi connectivity index (χ3v) is 20.1. The first-order valence-corrected chi connectivity index (χ1v) is 41.9. The van der Waals surface area contributed by atoms with Gasteiger partial charge in [0.2, 0.25) is 0 Å². The fourth-order valence-corrected chi connectivity index (χ4v) is 14.1. The lowest BCUT2D eigenvalue weighted by Gasteiger charge is -2.32. The van der Waals surface area contributed by atoms with Gasteiger partial charge in [-0.15, -0.1) is 0 Å². The Morgan fingerprint density at radius 1 is 0.183 bits per heavy atom. The second-order valence-corrected chi connectivity index (χ2v) is 37.7. The van der Waals surface area contributed by atoms with E-state index in [2.05, 4.69) is 0 Å². The Labute approximate surface area is 758 Å². The molecule has 0 aliphatic carbocycles. The van der Waals surface area contributed by atoms with Crippen molar-refractivity contribution in [3.63, 3.8) is 0 Å². The largest absolute Gasteiger partial charge is 0.507 e. The topological polar surface area (TPSA) is 358 Å². The quantitative estimate of drug-likeness (QED) is 0.0168. The van der Waals surface area contributed by atoms with Crippen LogP contribution in [0, 0.1) is 0 Å². The van der Waals surface area contributed by atoms with Gasteiger partial charge in [0.1, 0.15) is 119 Å². The molecule has 0 aromatic heterocycles. The van der Waals surface area contributed by atoms with Crippen LogP contribution in [0.3, 0.4) is 0 Å². The molecule has 0 bridgehead atoms. The number of aromatic hydroxyl groups is 6. The van der Waals surface area contributed by atoms with Crippen molar-refractivity contribution in [3.8, 4) is 119 Å². The van der Waals surface area contributed by atoms with E-state index in [4.69, 9.17) is 42.6 Å². The van der Waals surface area contributed by atoms with Crippen molar-refractivity contribution in [2.45, 2.75) is 171 Å². The van der Waals surface area contributed by atoms with Crippen LogP contribution in [-0.2, 0) is 33.8 Å². The minimum absolute atomic E-state index is 0.0111. The molecule has 0 spiro atoms. The number of phenols is 6. The fourth-order valence-electron chi connectivity index (χ4n) is 14.1. The van der Waals surface area contributed by atoms with Crippen LogP contribution < -0.4 is 14.2 Å². The first kappa shape index (κ1) is 94.8. The summed E-state index contributed by atoms with van der Waals surface area (Å²) in [7, 11) is 0. The minimum atomic E-state index is -1.22. The number of benzene rings is 12. The summed E-state index contributed by atoms with van der Waals surface area (Å²) in [6, 6.07) is 59.7. The molecule has 0 saturated heterocycles. The van der Waals surface area contributed by atoms with Gasteiger partial charge in [0.25, 0.3) is 0 Å². The first-order valence-electron chi connectivity index (χ1n) is 41.9. The van der Waals surface area contributed by atoms with Crippen molar-refractivity contribution in [2.24, 2.45) is 0 Å². The summed E-state index contributed by atoms with van der Waals surface area (Å²) < 4.78 is 52.4. The van der Waals surface area contributed by atoms with Crippen LogP contribution in [0.25, 0.3) is 66.8 Å². The third-order valence-electron chi connectivity index (χ3n) is 20.1. The Morgan fingerprint density at radius 2 is 0.336 bits per heavy atom. The highest BCUT2D eigenvalue weighted by atomic mass is 16.6. The third kappa shape index (κ3) is 23.5. The maximum atomic E-state index is 14.9. The van der Waals surface area contributed by atoms with E-state index < -0.39 is 92.7 Å². The number of carbonyl (C=O) groups excluding carboxylic acids is 9. The number of ether oxygens (including phenoxy) is 9. The molecule has 0 atom stereocenters. The van der Waals surface area contributed by atoms with Gasteiger partial charge in [-0.1, -0.05) is 72.8 Å². The summed E-state index contributed by atoms with van der Waals surface area (Å²) >= 11 is 0. The maximum Gasteiger partial charge on any atom is 0.343 e. The van der Waals surface area contributed by atoms with Gasteiger partial charge in [0, 0.05) is 5.41 Å². The van der Waals surface area contributed by atoms with Crippen LogP contribution in [0.5, 0.6) is 51.7 Å². The van der Waals surface area contributed by atoms with Gasteiger partial charge in [0.15, 0.2) is 0 Å². The molecule has 0 fully saturated rings. The van der Waals surface area contributed by atoms with E-state index in [1.54, 1.807) is 252 Å². The molecular weight excluding hydrogens is 1670 g/mol. The summed E-state index contributed by atoms with van der Waals surface area (Å²) in [5.74, 6) is -9.45. The van der Waals surface area contributed by atoms with E-state index >= 15 is 0 Å². The molecule has 0 amide bonds. The van der Waals surface area contributed by atoms with Crippen LogP contribution in [0.15, 0.2) is 237 Å². The van der Waals surface area contributed by atoms with Crippen molar-refractivity contribution in [2.75, 3.05) is 0 Å². The fraction of sp³-hybridized carbons (Fsp3) is 0.243. The lowest BCUT2D eigenvalue weighted by atomic mass is 9.71. The smallest absolute Gasteiger partial charge is 0.343 e. The van der Waals surface area contributed by atoms with Crippen molar-refractivity contribution in [3.05, 3.63) is 303 Å². The van der Waals surface area contributed by atoms with Crippen molar-refractivity contribution < 1.29 is 116 Å². The maximum absolute atomic E-state index is 14.9. The molecule has 674 valence electrons. The Hall–Kier alpha value is -15.3. The number of esters is 9. The molecule has 0 radical (unpaired) electrons. The standard InChI is InChI=1S/C107H102O24/c1-101(2,3)126-95(117)80-53-59(20-38-86(80)108)65-44-66(60-21-39-87(109)81(54-60)96(118)127-102(4,5)6)48-71(47-65)92(114)123-77-32-26-74(27-33-77)107(19,75-28-34-78(35-29-75)124-93(115)72-49-67(61-22-40-88(110)82(55-61)97(119)128-103(7,8)9)45-68(50-72)62-23-41-89(111)83(56-62)98(120)129-104(10,11)12)76-30-36-79(37-31-76)125-94(116)73-51-69(63-24-42-90(112)84(57-63)99(121)130-105(13,14)15)46-70(52-73)64-25-43-91(113)85(58-64)100(122)131-106(16,17)18/h20-58,108-113H,1-19H3. The highest BCUT2D eigenvalue weighted by Gasteiger charge is 2.35. The zero-order valence-electron chi connectivity index (χ0n) is 76.0. The molecule has 0 unspecified atom stereocenters. The lowest BCUT2D eigenvalue weighted by Crippen LogP contribution is -2.25. The monoisotopic (exact) mass is 1770 g/mol. The van der Waals surface area contributed by atoms with Gasteiger partial charge in [-0.3, -0.25) is 0 Å². The Kier molecular flexibility index (Phi) is 26.6. The summed E-state index contributed by atoms with van der Waals surface area (Å²) in [5, 5.41) is 66.0. The molecule has 0 saturated carbocycles. The predicted octanol–water partition coefficient (Wildman–Crippen LogP) is 22.7. The van der Waals surface area contributed by atoms with Crippen LogP contribution in [0.2, 0.25) is 0 Å². The van der Waals surface area contributed by atoms with Gasteiger partial charge in [-0.2, -0.15) is 0 Å². The van der Waals surface area contributed by atoms with E-state index in [0.717, 1.165) is 0 Å². The molecule has 24 heteroatoms. The minimum Gasteiger partial charge on any atom is -0.507 e. The molecule has 12 rings (SSSR count). The second-order valence-electron chi connectivity index (χ2n) is 37.7. The summed E-state index contributed by atoms with van der Waals surface area (Å²) in [5.41, 5.74) is -1.70. The molecule has 0 heterocycles. The van der Waals surface area contributed by atoms with Crippen LogP contribution in [0.4, 0.5) is 0 Å². The van der Waals surface area contributed by atoms with Crippen LogP contribution in [0.1, 0.15) is 241 Å². The van der Waals surface area contributed by atoms with Gasteiger partial charge >= 0.3 is 53.7 Å². The highest BCUT2D eigenvalue weighted by Crippen LogP contribution is 2.44. The summed E-state index contributed by atoms with van der Waals surface area (Å²) in [6.07, 6.45) is 0. The SMILES string of the molecule is CC(C)(C)OC(=O)c1cc(-c2cc(C(=O)Oc3ccc(C(C)(c4ccc(OC(=O)c5cc(-c6ccc(O)c(C(=O)OC(C)(C)C)c6)cc(-c6ccc(O)c(C(=O)OC(C)(C)C)c6)c5)cc4)c4ccc(OC(=O)c5cc(-c6ccc(O)c(C(=O)OC(C)(C)C)c6)cc(-c6ccc(O)c(C(=O)OC(C)(C)C)c6)c5)cc4)cc3)cc(-c3ccc(O)c(C(=O)OC(C)(C)C)c3)c2)ccc1O. The first-order chi connectivity index (χ1) is 61.1. The van der Waals surface area contributed by atoms with Crippen LogP contribution >= 0.6 is 0 Å². The van der Waals surface area contributed by atoms with Crippen LogP contribution in [-0.4, -0.2) is 118 Å². The highest BCUT2D eigenvalue weighted by molar-refractivity contribution is 6.03. The zero-order valence-corrected chi connectivity index (χ0v) is 76.0. The second kappa shape index (κ2) is 36.8. The molecule has 0 aliphatic heterocycles. The summed E-state index contributed by atoms with van der Waals surface area (Å²) in [6.45, 7) is 32.1. The van der Waals surface area contributed by atoms with Crippen molar-refractivity contribution in [1.29, 1.82) is 0 Å². The van der Waals surface area contributed by atoms with Gasteiger partial charge < -0.3 is 73.3 Å². The van der Waals surface area contributed by atoms with E-state index in [9.17, 15) is 73.8 Å². The Bertz CT molecular complexity index is 5600. The van der Waals surface area contributed by atoms with Crippen molar-refractivity contribution >= 4 is 53.7 Å². The lowest BCUT2D eigenvalue weighted by molar-refractivity contribution is 0.00538. The number of phenolic OH excluding ortho intramolecular Hbond substituents is 6. The molecule has 6 N–H and O–H groups in total. The molecule has 24 nitrogen and oxygen atoms in total. The van der Waals surface area contributed by atoms with Gasteiger partial charge in [-0.05, 0) is 379 Å². The zero-order chi connectivity index (χ0) is 95.7. The number of hydrogen-bond donors (Lipinski definition) is 6.